The maximum absolute atomic E-state index is 10.3. The Labute approximate surface area is 63.8 Å². The highest BCUT2D eigenvalue weighted by Gasteiger charge is 2.10. The fourth-order valence-corrected chi connectivity index (χ4v) is 0.759. The summed E-state index contributed by atoms with van der Waals surface area (Å²) in [6, 6.07) is 4.53. The fourth-order valence-electron chi connectivity index (χ4n) is 0.759. The Kier molecular flexibility index (Phi) is 1.76. The van der Waals surface area contributed by atoms with Crippen LogP contribution >= 0.6 is 0 Å². The lowest BCUT2D eigenvalue weighted by Crippen LogP contribution is -1.96. The molecule has 0 heterocycles. The third kappa shape index (κ3) is 1.29. The number of para-hydroxylation sites is 1. The fraction of sp³-hybridized carbons (Fsp3) is 0. The van der Waals surface area contributed by atoms with E-state index in [0.29, 0.717) is 5.56 Å². The Bertz CT molecular complexity index is 296. The number of nitrogen functional groups attached to an aromatic ring is 1. The van der Waals surface area contributed by atoms with Crippen LogP contribution in [-0.4, -0.2) is 4.92 Å². The minimum Gasteiger partial charge on any atom is -0.393 e. The molecule has 0 bridgehead atoms. The van der Waals surface area contributed by atoms with Gasteiger partial charge in [0.05, 0.1) is 4.92 Å². The summed E-state index contributed by atoms with van der Waals surface area (Å²) in [4.78, 5) is 9.75. The number of anilines is 1. The third-order valence-corrected chi connectivity index (χ3v) is 1.37. The molecule has 1 rings (SSSR count). The molecule has 0 fully saturated rings. The largest absolute Gasteiger partial charge is 0.393 e. The third-order valence-electron chi connectivity index (χ3n) is 1.37. The minimum absolute atomic E-state index is 0.0856. The zero-order valence-electron chi connectivity index (χ0n) is 5.78. The second-order valence-corrected chi connectivity index (χ2v) is 2.11. The van der Waals surface area contributed by atoms with Crippen LogP contribution in [0.3, 0.4) is 0 Å². The van der Waals surface area contributed by atoms with Gasteiger partial charge < -0.3 is 5.73 Å². The summed E-state index contributed by atoms with van der Waals surface area (Å²) in [6.07, 6.45) is 0. The molecule has 1 radical (unpaired) electrons. The summed E-state index contributed by atoms with van der Waals surface area (Å²) in [7, 11) is 0. The van der Waals surface area contributed by atoms with Gasteiger partial charge in [0.1, 0.15) is 5.69 Å². The van der Waals surface area contributed by atoms with Crippen LogP contribution < -0.4 is 5.73 Å². The van der Waals surface area contributed by atoms with Gasteiger partial charge in [0.25, 0.3) is 5.69 Å². The van der Waals surface area contributed by atoms with Gasteiger partial charge in [-0.1, -0.05) is 12.1 Å². The molecule has 0 spiro atoms. The zero-order chi connectivity index (χ0) is 8.43. The Morgan fingerprint density at radius 1 is 1.55 bits per heavy atom. The van der Waals surface area contributed by atoms with Crippen LogP contribution in [0.1, 0.15) is 5.56 Å². The van der Waals surface area contributed by atoms with E-state index < -0.39 is 4.92 Å². The minimum atomic E-state index is -0.524. The lowest BCUT2D eigenvalue weighted by molar-refractivity contribution is -0.383. The second-order valence-electron chi connectivity index (χ2n) is 2.11. The predicted octanol–water partition coefficient (Wildman–Crippen LogP) is 1.36. The van der Waals surface area contributed by atoms with Gasteiger partial charge >= 0.3 is 0 Å². The highest BCUT2D eigenvalue weighted by Crippen LogP contribution is 2.23. The molecular weight excluding hydrogens is 144 g/mol. The molecule has 4 heteroatoms. The highest BCUT2D eigenvalue weighted by molar-refractivity contribution is 5.63. The summed E-state index contributed by atoms with van der Waals surface area (Å²) < 4.78 is 0. The van der Waals surface area contributed by atoms with Crippen LogP contribution in [0.15, 0.2) is 18.2 Å². The van der Waals surface area contributed by atoms with Crippen molar-refractivity contribution < 1.29 is 4.92 Å². The molecule has 1 aromatic rings. The number of hydrogen-bond donors (Lipinski definition) is 1. The zero-order valence-corrected chi connectivity index (χ0v) is 5.78. The van der Waals surface area contributed by atoms with E-state index in [9.17, 15) is 10.1 Å². The lowest BCUT2D eigenvalue weighted by Gasteiger charge is -1.98. The van der Waals surface area contributed by atoms with Gasteiger partial charge in [0.15, 0.2) is 0 Å². The van der Waals surface area contributed by atoms with Crippen LogP contribution in [0.25, 0.3) is 0 Å². The monoisotopic (exact) mass is 151 g/mol. The quantitative estimate of drug-likeness (QED) is 0.374. The van der Waals surface area contributed by atoms with E-state index in [2.05, 4.69) is 6.92 Å². The van der Waals surface area contributed by atoms with Crippen LogP contribution in [0.4, 0.5) is 11.4 Å². The molecule has 0 saturated carbocycles. The Morgan fingerprint density at radius 2 is 2.18 bits per heavy atom. The van der Waals surface area contributed by atoms with Crippen molar-refractivity contribution in [1.29, 1.82) is 0 Å². The Morgan fingerprint density at radius 3 is 2.64 bits per heavy atom. The molecular formula is C7H7N2O2. The Balaban J connectivity index is 3.27. The van der Waals surface area contributed by atoms with Crippen LogP contribution in [0, 0.1) is 17.0 Å². The number of hydrogen-bond acceptors (Lipinski definition) is 3. The second kappa shape index (κ2) is 2.57. The number of nitrogens with zero attached hydrogens (tertiary/aromatic N) is 1. The molecule has 4 nitrogen and oxygen atoms in total. The number of nitro benzene ring substituents is 1. The molecule has 57 valence electrons. The first kappa shape index (κ1) is 7.53. The van der Waals surface area contributed by atoms with Gasteiger partial charge in [-0.15, -0.1) is 0 Å². The van der Waals surface area contributed by atoms with E-state index >= 15 is 0 Å². The van der Waals surface area contributed by atoms with Crippen molar-refractivity contribution in [3.05, 3.63) is 40.8 Å². The van der Waals surface area contributed by atoms with Gasteiger partial charge in [-0.05, 0) is 12.5 Å². The normalized spacial score (nSPS) is 9.55. The van der Waals surface area contributed by atoms with Crippen molar-refractivity contribution in [2.24, 2.45) is 0 Å². The highest BCUT2D eigenvalue weighted by atomic mass is 16.6. The summed E-state index contributed by atoms with van der Waals surface area (Å²) in [5.74, 6) is 0. The topological polar surface area (TPSA) is 69.2 Å². The van der Waals surface area contributed by atoms with Crippen molar-refractivity contribution in [2.75, 3.05) is 5.73 Å². The summed E-state index contributed by atoms with van der Waals surface area (Å²) in [5, 5.41) is 10.3. The van der Waals surface area contributed by atoms with E-state index in [1.54, 1.807) is 12.1 Å². The first-order chi connectivity index (χ1) is 5.13. The smallest absolute Gasteiger partial charge is 0.292 e. The molecule has 11 heavy (non-hydrogen) atoms. The summed E-state index contributed by atoms with van der Waals surface area (Å²) in [5.41, 5.74) is 5.92. The molecule has 2 N–H and O–H groups in total. The molecule has 0 aliphatic heterocycles. The molecule has 0 aliphatic carbocycles. The van der Waals surface area contributed by atoms with Gasteiger partial charge in [-0.3, -0.25) is 10.1 Å². The SMILES string of the molecule is [CH2]c1cccc([N+](=O)[O-])c1N. The van der Waals surface area contributed by atoms with Crippen LogP contribution in [0.2, 0.25) is 0 Å². The van der Waals surface area contributed by atoms with E-state index in [4.69, 9.17) is 5.73 Å². The van der Waals surface area contributed by atoms with E-state index in [-0.39, 0.29) is 11.4 Å². The molecule has 0 aromatic heterocycles. The first-order valence-electron chi connectivity index (χ1n) is 2.98. The van der Waals surface area contributed by atoms with Crippen LogP contribution in [0.5, 0.6) is 0 Å². The van der Waals surface area contributed by atoms with Gasteiger partial charge in [-0.25, -0.2) is 0 Å². The number of nitro groups is 1. The predicted molar refractivity (Wildman–Crippen MR) is 42.0 cm³/mol. The maximum atomic E-state index is 10.3. The Hall–Kier alpha value is -1.58. The van der Waals surface area contributed by atoms with Crippen molar-refractivity contribution in [3.63, 3.8) is 0 Å². The van der Waals surface area contributed by atoms with E-state index in [0.717, 1.165) is 0 Å². The molecule has 0 saturated heterocycles. The molecule has 0 amide bonds. The average Bonchev–Trinajstić information content (AvgIpc) is 1.94. The molecule has 0 unspecified atom stereocenters. The maximum Gasteiger partial charge on any atom is 0.292 e. The van der Waals surface area contributed by atoms with Crippen molar-refractivity contribution in [1.82, 2.24) is 0 Å². The number of nitrogens with two attached hydrogens (primary N) is 1. The van der Waals surface area contributed by atoms with Gasteiger partial charge in [0.2, 0.25) is 0 Å². The van der Waals surface area contributed by atoms with Gasteiger partial charge in [0, 0.05) is 6.07 Å². The molecule has 1 aromatic carbocycles. The lowest BCUT2D eigenvalue weighted by atomic mass is 10.2. The first-order valence-corrected chi connectivity index (χ1v) is 2.98. The standard InChI is InChI=1S/C7H7N2O2/c1-5-3-2-4-6(7(5)8)9(10)11/h2-4H,1,8H2. The number of rotatable bonds is 1. The van der Waals surface area contributed by atoms with Crippen LogP contribution in [-0.2, 0) is 0 Å². The van der Waals surface area contributed by atoms with Gasteiger partial charge in [-0.2, -0.15) is 0 Å². The van der Waals surface area contributed by atoms with Crippen molar-refractivity contribution in [2.45, 2.75) is 0 Å². The average molecular weight is 151 g/mol. The molecule has 0 aliphatic rings. The van der Waals surface area contributed by atoms with Crippen molar-refractivity contribution >= 4 is 11.4 Å². The number of benzene rings is 1. The van der Waals surface area contributed by atoms with E-state index in [1.807, 2.05) is 0 Å². The molecule has 0 atom stereocenters. The van der Waals surface area contributed by atoms with Crippen molar-refractivity contribution in [3.8, 4) is 0 Å². The van der Waals surface area contributed by atoms with E-state index in [1.165, 1.54) is 6.07 Å². The summed E-state index contributed by atoms with van der Waals surface area (Å²) in [6.45, 7) is 3.53. The summed E-state index contributed by atoms with van der Waals surface area (Å²) >= 11 is 0.